The van der Waals surface area contributed by atoms with E-state index in [2.05, 4.69) is 26.5 Å². The first-order chi connectivity index (χ1) is 11.2. The summed E-state index contributed by atoms with van der Waals surface area (Å²) in [4.78, 5) is 19.4. The van der Waals surface area contributed by atoms with E-state index < -0.39 is 0 Å². The molecule has 1 aliphatic rings. The van der Waals surface area contributed by atoms with Gasteiger partial charge in [0.1, 0.15) is 0 Å². The van der Waals surface area contributed by atoms with E-state index in [4.69, 9.17) is 4.74 Å². The minimum absolute atomic E-state index is 0.156. The van der Waals surface area contributed by atoms with Crippen molar-refractivity contribution in [2.24, 2.45) is 5.10 Å². The lowest BCUT2D eigenvalue weighted by atomic mass is 10.3. The molecule has 0 spiro atoms. The van der Waals surface area contributed by atoms with Gasteiger partial charge in [0.15, 0.2) is 0 Å². The highest BCUT2D eigenvalue weighted by Gasteiger charge is 2.12. The molecule has 0 unspecified atom stereocenters. The fourth-order valence-corrected chi connectivity index (χ4v) is 3.77. The van der Waals surface area contributed by atoms with E-state index in [1.54, 1.807) is 28.9 Å². The number of anilines is 1. The Labute approximate surface area is 142 Å². The number of carbonyl (C=O) groups is 1. The van der Waals surface area contributed by atoms with Gasteiger partial charge in [-0.25, -0.2) is 10.4 Å². The molecular weight excluding hydrogens is 332 g/mol. The van der Waals surface area contributed by atoms with Crippen LogP contribution in [-0.2, 0) is 16.0 Å². The number of hydrazone groups is 1. The van der Waals surface area contributed by atoms with Crippen LogP contribution in [0.2, 0.25) is 0 Å². The zero-order valence-electron chi connectivity index (χ0n) is 12.8. The minimum Gasteiger partial charge on any atom is -0.378 e. The summed E-state index contributed by atoms with van der Waals surface area (Å²) in [5.74, 6) is -0.156. The van der Waals surface area contributed by atoms with Gasteiger partial charge in [0.25, 0.3) is 0 Å². The third-order valence-electron chi connectivity index (χ3n) is 3.32. The molecular formula is C15H18N4O2S2. The number of nitrogens with one attached hydrogen (secondary N) is 1. The van der Waals surface area contributed by atoms with Crippen molar-refractivity contribution >= 4 is 39.8 Å². The standard InChI is InChI=1S/C15H18N4O2S2/c1-11-17-12(10-22-11)8-14(20)18-16-9-13-2-3-15(23-13)19-4-6-21-7-5-19/h2-3,9-10H,4-8H2,1H3,(H,18,20)/b16-9-. The number of aromatic nitrogens is 1. The topological polar surface area (TPSA) is 66.8 Å². The Morgan fingerprint density at radius 1 is 1.48 bits per heavy atom. The average Bonchev–Trinajstić information content (AvgIpc) is 3.17. The van der Waals surface area contributed by atoms with Crippen molar-refractivity contribution in [1.82, 2.24) is 10.4 Å². The van der Waals surface area contributed by atoms with Crippen LogP contribution in [-0.4, -0.2) is 43.4 Å². The van der Waals surface area contributed by atoms with Gasteiger partial charge in [0, 0.05) is 23.3 Å². The van der Waals surface area contributed by atoms with Crippen LogP contribution in [0.15, 0.2) is 22.6 Å². The SMILES string of the molecule is Cc1nc(CC(=O)N/N=C\c2ccc(N3CCOCC3)s2)cs1. The Morgan fingerprint density at radius 3 is 3.04 bits per heavy atom. The summed E-state index contributed by atoms with van der Waals surface area (Å²) in [7, 11) is 0. The van der Waals surface area contributed by atoms with Gasteiger partial charge in [-0.15, -0.1) is 22.7 Å². The van der Waals surface area contributed by atoms with Gasteiger partial charge in [-0.05, 0) is 19.1 Å². The monoisotopic (exact) mass is 350 g/mol. The van der Waals surface area contributed by atoms with Crippen molar-refractivity contribution in [3.8, 4) is 0 Å². The Kier molecular flexibility index (Phi) is 5.37. The van der Waals surface area contributed by atoms with Crippen molar-refractivity contribution < 1.29 is 9.53 Å². The molecule has 23 heavy (non-hydrogen) atoms. The number of aryl methyl sites for hydroxylation is 1. The second-order valence-corrected chi connectivity index (χ2v) is 7.26. The largest absolute Gasteiger partial charge is 0.378 e. The lowest BCUT2D eigenvalue weighted by Gasteiger charge is -2.27. The number of hydrogen-bond donors (Lipinski definition) is 1. The number of thiazole rings is 1. The lowest BCUT2D eigenvalue weighted by molar-refractivity contribution is -0.120. The lowest BCUT2D eigenvalue weighted by Crippen LogP contribution is -2.35. The molecule has 0 aromatic carbocycles. The molecule has 122 valence electrons. The van der Waals surface area contributed by atoms with Crippen LogP contribution in [0.1, 0.15) is 15.6 Å². The van der Waals surface area contributed by atoms with Crippen molar-refractivity contribution in [3.63, 3.8) is 0 Å². The van der Waals surface area contributed by atoms with Crippen LogP contribution in [0.3, 0.4) is 0 Å². The molecule has 0 aliphatic carbocycles. The Morgan fingerprint density at radius 2 is 2.30 bits per heavy atom. The molecule has 0 radical (unpaired) electrons. The maximum absolute atomic E-state index is 11.8. The van der Waals surface area contributed by atoms with Gasteiger partial charge in [0.05, 0.1) is 41.6 Å². The maximum atomic E-state index is 11.8. The number of carbonyl (C=O) groups excluding carboxylic acids is 1. The number of hydrogen-bond acceptors (Lipinski definition) is 7. The number of ether oxygens (including phenoxy) is 1. The highest BCUT2D eigenvalue weighted by atomic mass is 32.1. The third kappa shape index (κ3) is 4.60. The van der Waals surface area contributed by atoms with Gasteiger partial charge >= 0.3 is 0 Å². The zero-order valence-corrected chi connectivity index (χ0v) is 14.5. The number of amides is 1. The molecule has 0 saturated carbocycles. The first-order valence-electron chi connectivity index (χ1n) is 7.36. The quantitative estimate of drug-likeness (QED) is 0.662. The Balaban J connectivity index is 1.49. The van der Waals surface area contributed by atoms with Crippen LogP contribution in [0.25, 0.3) is 0 Å². The molecule has 2 aromatic rings. The van der Waals surface area contributed by atoms with Gasteiger partial charge in [-0.2, -0.15) is 5.10 Å². The summed E-state index contributed by atoms with van der Waals surface area (Å²) in [6, 6.07) is 4.09. The second-order valence-electron chi connectivity index (χ2n) is 5.10. The fourth-order valence-electron chi connectivity index (χ4n) is 2.23. The van der Waals surface area contributed by atoms with Crippen molar-refractivity contribution in [3.05, 3.63) is 33.1 Å². The third-order valence-corrected chi connectivity index (χ3v) is 5.23. The highest BCUT2D eigenvalue weighted by molar-refractivity contribution is 7.17. The van der Waals surface area contributed by atoms with Crippen LogP contribution < -0.4 is 10.3 Å². The van der Waals surface area contributed by atoms with E-state index in [1.807, 2.05) is 18.4 Å². The molecule has 1 saturated heterocycles. The van der Waals surface area contributed by atoms with Gasteiger partial charge < -0.3 is 9.64 Å². The Hall–Kier alpha value is -1.77. The molecule has 1 fully saturated rings. The van der Waals surface area contributed by atoms with E-state index in [0.29, 0.717) is 0 Å². The first-order valence-corrected chi connectivity index (χ1v) is 9.06. The predicted octanol–water partition coefficient (Wildman–Crippen LogP) is 2.04. The summed E-state index contributed by atoms with van der Waals surface area (Å²) < 4.78 is 5.35. The molecule has 1 amide bonds. The van der Waals surface area contributed by atoms with Gasteiger partial charge in [-0.3, -0.25) is 4.79 Å². The van der Waals surface area contributed by atoms with Crippen LogP contribution in [0.5, 0.6) is 0 Å². The van der Waals surface area contributed by atoms with E-state index in [1.165, 1.54) is 5.00 Å². The van der Waals surface area contributed by atoms with Crippen LogP contribution in [0, 0.1) is 6.92 Å². The van der Waals surface area contributed by atoms with Gasteiger partial charge in [0.2, 0.25) is 5.91 Å². The molecule has 2 aromatic heterocycles. The first kappa shape index (κ1) is 16.1. The van der Waals surface area contributed by atoms with Crippen molar-refractivity contribution in [2.75, 3.05) is 31.2 Å². The number of nitrogens with zero attached hydrogens (tertiary/aromatic N) is 3. The molecule has 0 atom stereocenters. The summed E-state index contributed by atoms with van der Waals surface area (Å²) in [5.41, 5.74) is 3.33. The van der Waals surface area contributed by atoms with E-state index in [0.717, 1.165) is 41.9 Å². The molecule has 3 rings (SSSR count). The number of thiophene rings is 1. The van der Waals surface area contributed by atoms with Gasteiger partial charge in [-0.1, -0.05) is 0 Å². The molecule has 1 N–H and O–H groups in total. The van der Waals surface area contributed by atoms with Crippen LogP contribution >= 0.6 is 22.7 Å². The molecule has 3 heterocycles. The fraction of sp³-hybridized carbons (Fsp3) is 0.400. The predicted molar refractivity (Wildman–Crippen MR) is 93.6 cm³/mol. The number of rotatable bonds is 5. The highest BCUT2D eigenvalue weighted by Crippen LogP contribution is 2.25. The van der Waals surface area contributed by atoms with E-state index in [-0.39, 0.29) is 12.3 Å². The van der Waals surface area contributed by atoms with Crippen LogP contribution in [0.4, 0.5) is 5.00 Å². The number of morpholine rings is 1. The summed E-state index contributed by atoms with van der Waals surface area (Å²) in [5, 5.41) is 8.09. The molecule has 6 nitrogen and oxygen atoms in total. The summed E-state index contributed by atoms with van der Waals surface area (Å²) in [6.45, 7) is 5.30. The smallest absolute Gasteiger partial charge is 0.246 e. The van der Waals surface area contributed by atoms with E-state index >= 15 is 0 Å². The van der Waals surface area contributed by atoms with Crippen molar-refractivity contribution in [2.45, 2.75) is 13.3 Å². The summed E-state index contributed by atoms with van der Waals surface area (Å²) in [6.07, 6.45) is 1.93. The van der Waals surface area contributed by atoms with E-state index in [9.17, 15) is 4.79 Å². The minimum atomic E-state index is -0.156. The zero-order chi connectivity index (χ0) is 16.1. The van der Waals surface area contributed by atoms with Crippen molar-refractivity contribution in [1.29, 1.82) is 0 Å². The molecule has 8 heteroatoms. The average molecular weight is 350 g/mol. The second kappa shape index (κ2) is 7.67. The normalized spacial score (nSPS) is 15.3. The maximum Gasteiger partial charge on any atom is 0.246 e. The Bertz CT molecular complexity index is 689. The molecule has 1 aliphatic heterocycles. The summed E-state index contributed by atoms with van der Waals surface area (Å²) >= 11 is 3.20. The molecule has 0 bridgehead atoms.